The van der Waals surface area contributed by atoms with E-state index in [2.05, 4.69) is 27.1 Å². The first kappa shape index (κ1) is 17.0. The van der Waals surface area contributed by atoms with Crippen molar-refractivity contribution in [3.8, 4) is 0 Å². The Balaban J connectivity index is 1.37. The lowest BCUT2D eigenvalue weighted by atomic mass is 9.84. The number of piperazine rings is 1. The number of anilines is 1. The topological polar surface area (TPSA) is 64.8 Å². The SMILES string of the molecule is CN1CCN(c2nc3c(C(=O)NC4CN5CCC4CC5)cccc3o2)CC1. The standard InChI is InChI=1S/C20H27N5O2/c1-23-9-11-25(12-10-23)20-22-18-15(3-2-4-17(18)27-20)19(26)21-16-13-24-7-5-14(16)6-8-24/h2-4,14,16H,5-13H2,1H3,(H,21,26). The Morgan fingerprint density at radius 2 is 1.93 bits per heavy atom. The summed E-state index contributed by atoms with van der Waals surface area (Å²) in [4.78, 5) is 24.6. The normalized spacial score (nSPS) is 28.6. The highest BCUT2D eigenvalue weighted by Crippen LogP contribution is 2.29. The summed E-state index contributed by atoms with van der Waals surface area (Å²) in [5, 5.41) is 3.27. The van der Waals surface area contributed by atoms with E-state index in [-0.39, 0.29) is 11.9 Å². The second-order valence-corrected chi connectivity index (χ2v) is 8.16. The summed E-state index contributed by atoms with van der Waals surface area (Å²) in [6, 6.07) is 6.51. The van der Waals surface area contributed by atoms with Gasteiger partial charge in [0.2, 0.25) is 0 Å². The van der Waals surface area contributed by atoms with Gasteiger partial charge in [0, 0.05) is 38.8 Å². The zero-order valence-corrected chi connectivity index (χ0v) is 15.9. The van der Waals surface area contributed by atoms with Crippen molar-refractivity contribution in [3.05, 3.63) is 23.8 Å². The number of rotatable bonds is 3. The first-order valence-corrected chi connectivity index (χ1v) is 10.0. The summed E-state index contributed by atoms with van der Waals surface area (Å²) in [5.74, 6) is 0.578. The van der Waals surface area contributed by atoms with Gasteiger partial charge in [-0.05, 0) is 51.0 Å². The number of benzene rings is 1. The molecule has 5 heterocycles. The van der Waals surface area contributed by atoms with Gasteiger partial charge in [0.25, 0.3) is 11.9 Å². The van der Waals surface area contributed by atoms with Crippen molar-refractivity contribution >= 4 is 23.0 Å². The van der Waals surface area contributed by atoms with Gasteiger partial charge >= 0.3 is 0 Å². The van der Waals surface area contributed by atoms with Gasteiger partial charge < -0.3 is 24.4 Å². The molecule has 144 valence electrons. The van der Waals surface area contributed by atoms with Crippen LogP contribution in [0.25, 0.3) is 11.1 Å². The Labute approximate surface area is 159 Å². The second kappa shape index (κ2) is 6.80. The van der Waals surface area contributed by atoms with Gasteiger partial charge in [0.1, 0.15) is 5.52 Å². The molecule has 27 heavy (non-hydrogen) atoms. The number of piperidine rings is 3. The molecule has 0 saturated carbocycles. The quantitative estimate of drug-likeness (QED) is 0.882. The van der Waals surface area contributed by atoms with Crippen LogP contribution in [0.5, 0.6) is 0 Å². The average Bonchev–Trinajstić information content (AvgIpc) is 3.13. The molecule has 4 aliphatic heterocycles. The molecule has 1 aromatic heterocycles. The third-order valence-electron chi connectivity index (χ3n) is 6.40. The molecule has 2 bridgehead atoms. The highest BCUT2D eigenvalue weighted by molar-refractivity contribution is 6.04. The first-order chi connectivity index (χ1) is 13.2. The number of amides is 1. The van der Waals surface area contributed by atoms with Crippen LogP contribution < -0.4 is 10.2 Å². The van der Waals surface area contributed by atoms with Gasteiger partial charge in [-0.1, -0.05) is 6.07 Å². The van der Waals surface area contributed by atoms with E-state index < -0.39 is 0 Å². The minimum atomic E-state index is -0.0300. The number of nitrogens with one attached hydrogen (secondary N) is 1. The smallest absolute Gasteiger partial charge is 0.298 e. The molecule has 0 spiro atoms. The third kappa shape index (κ3) is 3.19. The van der Waals surface area contributed by atoms with E-state index in [1.807, 2.05) is 18.2 Å². The summed E-state index contributed by atoms with van der Waals surface area (Å²) in [6.45, 7) is 7.08. The van der Waals surface area contributed by atoms with Crippen LogP contribution in [-0.2, 0) is 0 Å². The Bertz CT molecular complexity index is 834. The molecular formula is C20H27N5O2. The van der Waals surface area contributed by atoms with E-state index in [4.69, 9.17) is 9.40 Å². The number of hydrogen-bond acceptors (Lipinski definition) is 6. The van der Waals surface area contributed by atoms with E-state index in [0.29, 0.717) is 28.6 Å². The van der Waals surface area contributed by atoms with Crippen molar-refractivity contribution in [2.75, 3.05) is 57.8 Å². The van der Waals surface area contributed by atoms with Crippen molar-refractivity contribution in [1.82, 2.24) is 20.1 Å². The molecule has 7 heteroatoms. The highest BCUT2D eigenvalue weighted by Gasteiger charge is 2.35. The number of nitrogens with zero attached hydrogens (tertiary/aromatic N) is 4. The largest absolute Gasteiger partial charge is 0.423 e. The lowest BCUT2D eigenvalue weighted by Crippen LogP contribution is -2.57. The number of oxazole rings is 1. The molecule has 1 amide bonds. The van der Waals surface area contributed by atoms with Crippen molar-refractivity contribution in [2.45, 2.75) is 18.9 Å². The number of para-hydroxylation sites is 1. The lowest BCUT2D eigenvalue weighted by molar-refractivity contribution is 0.0621. The number of carbonyl (C=O) groups excluding carboxylic acids is 1. The molecule has 7 nitrogen and oxygen atoms in total. The molecule has 1 N–H and O–H groups in total. The minimum Gasteiger partial charge on any atom is -0.423 e. The molecule has 0 radical (unpaired) electrons. The lowest BCUT2D eigenvalue weighted by Gasteiger charge is -2.44. The van der Waals surface area contributed by atoms with Crippen LogP contribution in [0, 0.1) is 5.92 Å². The zero-order chi connectivity index (χ0) is 18.4. The van der Waals surface area contributed by atoms with Gasteiger partial charge in [-0.2, -0.15) is 4.98 Å². The Morgan fingerprint density at radius 3 is 2.63 bits per heavy atom. The van der Waals surface area contributed by atoms with E-state index in [0.717, 1.165) is 32.7 Å². The Morgan fingerprint density at radius 1 is 1.15 bits per heavy atom. The summed E-state index contributed by atoms with van der Waals surface area (Å²) in [7, 11) is 2.13. The van der Waals surface area contributed by atoms with Crippen molar-refractivity contribution < 1.29 is 9.21 Å². The fraction of sp³-hybridized carbons (Fsp3) is 0.600. The van der Waals surface area contributed by atoms with Crippen LogP contribution in [0.3, 0.4) is 0 Å². The minimum absolute atomic E-state index is 0.0300. The maximum Gasteiger partial charge on any atom is 0.298 e. The maximum atomic E-state index is 13.0. The number of hydrogen-bond donors (Lipinski definition) is 1. The van der Waals surface area contributed by atoms with Gasteiger partial charge in [-0.25, -0.2) is 0 Å². The monoisotopic (exact) mass is 369 g/mol. The predicted molar refractivity (Wildman–Crippen MR) is 104 cm³/mol. The zero-order valence-electron chi connectivity index (χ0n) is 15.9. The van der Waals surface area contributed by atoms with Crippen LogP contribution >= 0.6 is 0 Å². The Hall–Kier alpha value is -2.12. The van der Waals surface area contributed by atoms with Crippen molar-refractivity contribution in [3.63, 3.8) is 0 Å². The number of fused-ring (bicyclic) bond motifs is 4. The summed E-state index contributed by atoms with van der Waals surface area (Å²) >= 11 is 0. The molecule has 2 aromatic rings. The second-order valence-electron chi connectivity index (χ2n) is 8.16. The fourth-order valence-corrected chi connectivity index (χ4v) is 4.63. The van der Waals surface area contributed by atoms with Crippen LogP contribution in [-0.4, -0.2) is 79.6 Å². The molecule has 4 fully saturated rings. The molecule has 1 unspecified atom stereocenters. The molecule has 1 atom stereocenters. The highest BCUT2D eigenvalue weighted by atomic mass is 16.4. The van der Waals surface area contributed by atoms with E-state index in [1.54, 1.807) is 0 Å². The summed E-state index contributed by atoms with van der Waals surface area (Å²) < 4.78 is 5.98. The van der Waals surface area contributed by atoms with E-state index in [1.165, 1.54) is 25.9 Å². The van der Waals surface area contributed by atoms with Crippen LogP contribution in [0.4, 0.5) is 6.01 Å². The van der Waals surface area contributed by atoms with E-state index in [9.17, 15) is 4.79 Å². The predicted octanol–water partition coefficient (Wildman–Crippen LogP) is 1.40. The average molecular weight is 369 g/mol. The Kier molecular flexibility index (Phi) is 4.28. The van der Waals surface area contributed by atoms with E-state index >= 15 is 0 Å². The van der Waals surface area contributed by atoms with Gasteiger partial charge in [0.15, 0.2) is 5.58 Å². The molecule has 6 rings (SSSR count). The number of likely N-dealkylation sites (N-methyl/N-ethyl adjacent to an activating group) is 1. The first-order valence-electron chi connectivity index (χ1n) is 10.0. The van der Waals surface area contributed by atoms with Gasteiger partial charge in [0.05, 0.1) is 5.56 Å². The molecule has 1 aromatic carbocycles. The molecule has 4 aliphatic rings. The third-order valence-corrected chi connectivity index (χ3v) is 6.40. The summed E-state index contributed by atoms with van der Waals surface area (Å²) in [5.41, 5.74) is 1.98. The maximum absolute atomic E-state index is 13.0. The number of aromatic nitrogens is 1. The van der Waals surface area contributed by atoms with Crippen molar-refractivity contribution in [1.29, 1.82) is 0 Å². The molecule has 0 aliphatic carbocycles. The summed E-state index contributed by atoms with van der Waals surface area (Å²) in [6.07, 6.45) is 2.37. The fourth-order valence-electron chi connectivity index (χ4n) is 4.63. The number of carbonyl (C=O) groups is 1. The van der Waals surface area contributed by atoms with Crippen LogP contribution in [0.1, 0.15) is 23.2 Å². The molecular weight excluding hydrogens is 342 g/mol. The van der Waals surface area contributed by atoms with Crippen LogP contribution in [0.15, 0.2) is 22.6 Å². The van der Waals surface area contributed by atoms with Crippen LogP contribution in [0.2, 0.25) is 0 Å². The molecule has 4 saturated heterocycles. The van der Waals surface area contributed by atoms with Crippen molar-refractivity contribution in [2.24, 2.45) is 5.92 Å². The van der Waals surface area contributed by atoms with Gasteiger partial charge in [-0.3, -0.25) is 4.79 Å². The van der Waals surface area contributed by atoms with Gasteiger partial charge in [-0.15, -0.1) is 0 Å².